The third-order valence-electron chi connectivity index (χ3n) is 1.88. The molecule has 0 bridgehead atoms. The predicted octanol–water partition coefficient (Wildman–Crippen LogP) is 2.47. The van der Waals surface area contributed by atoms with Gasteiger partial charge in [0.2, 0.25) is 5.78 Å². The molecule has 74 valence electrons. The summed E-state index contributed by atoms with van der Waals surface area (Å²) in [6.45, 7) is 0. The van der Waals surface area contributed by atoms with Gasteiger partial charge in [0.15, 0.2) is 0 Å². The average molecular weight is 263 g/mol. The van der Waals surface area contributed by atoms with Crippen molar-refractivity contribution in [1.82, 2.24) is 9.97 Å². The van der Waals surface area contributed by atoms with Gasteiger partial charge in [-0.2, -0.15) is 0 Å². The van der Waals surface area contributed by atoms with Gasteiger partial charge in [0.1, 0.15) is 5.69 Å². The molecule has 0 atom stereocenters. The van der Waals surface area contributed by atoms with E-state index in [0.717, 1.165) is 4.47 Å². The Morgan fingerprint density at radius 1 is 1.27 bits per heavy atom. The van der Waals surface area contributed by atoms with Crippen molar-refractivity contribution in [2.45, 2.75) is 0 Å². The number of halogens is 1. The largest absolute Gasteiger partial charge is 0.287 e. The summed E-state index contributed by atoms with van der Waals surface area (Å²) in [6.07, 6.45) is 4.51. The van der Waals surface area contributed by atoms with Gasteiger partial charge in [0.05, 0.1) is 6.20 Å². The fourth-order valence-electron chi connectivity index (χ4n) is 1.19. The van der Waals surface area contributed by atoms with E-state index in [2.05, 4.69) is 25.9 Å². The van der Waals surface area contributed by atoms with Gasteiger partial charge in [-0.1, -0.05) is 28.1 Å². The average Bonchev–Trinajstić information content (AvgIpc) is 2.29. The molecular formula is C11H7BrN2O. The highest BCUT2D eigenvalue weighted by molar-refractivity contribution is 9.10. The van der Waals surface area contributed by atoms with Crippen molar-refractivity contribution in [3.8, 4) is 0 Å². The molecule has 0 amide bonds. The van der Waals surface area contributed by atoms with Crippen LogP contribution in [0.2, 0.25) is 0 Å². The SMILES string of the molecule is O=C(c1cccc(Br)c1)c1cnccn1. The number of ketones is 1. The molecule has 0 N–H and O–H groups in total. The van der Waals surface area contributed by atoms with Crippen molar-refractivity contribution in [2.24, 2.45) is 0 Å². The molecular weight excluding hydrogens is 256 g/mol. The van der Waals surface area contributed by atoms with Crippen molar-refractivity contribution < 1.29 is 4.79 Å². The van der Waals surface area contributed by atoms with Gasteiger partial charge in [-0.25, -0.2) is 4.98 Å². The van der Waals surface area contributed by atoms with Crippen molar-refractivity contribution in [3.63, 3.8) is 0 Å². The molecule has 4 heteroatoms. The van der Waals surface area contributed by atoms with E-state index in [9.17, 15) is 4.79 Å². The van der Waals surface area contributed by atoms with Crippen LogP contribution in [0.1, 0.15) is 16.1 Å². The maximum atomic E-state index is 11.9. The maximum Gasteiger partial charge on any atom is 0.212 e. The predicted molar refractivity (Wildman–Crippen MR) is 59.6 cm³/mol. The number of hydrogen-bond acceptors (Lipinski definition) is 3. The molecule has 15 heavy (non-hydrogen) atoms. The Morgan fingerprint density at radius 2 is 2.13 bits per heavy atom. The first kappa shape index (κ1) is 9.98. The van der Waals surface area contributed by atoms with Crippen LogP contribution < -0.4 is 0 Å². The summed E-state index contributed by atoms with van der Waals surface area (Å²) in [5, 5.41) is 0. The number of rotatable bonds is 2. The summed E-state index contributed by atoms with van der Waals surface area (Å²) in [5.74, 6) is -0.121. The second kappa shape index (κ2) is 4.31. The van der Waals surface area contributed by atoms with Gasteiger partial charge in [-0.15, -0.1) is 0 Å². The summed E-state index contributed by atoms with van der Waals surface area (Å²) in [4.78, 5) is 19.7. The third kappa shape index (κ3) is 2.27. The number of carbonyl (C=O) groups excluding carboxylic acids is 1. The van der Waals surface area contributed by atoms with Crippen LogP contribution in [0.5, 0.6) is 0 Å². The number of benzene rings is 1. The lowest BCUT2D eigenvalue weighted by atomic mass is 10.1. The van der Waals surface area contributed by atoms with Gasteiger partial charge < -0.3 is 0 Å². The second-order valence-corrected chi connectivity index (χ2v) is 3.85. The minimum Gasteiger partial charge on any atom is -0.287 e. The molecule has 0 fully saturated rings. The monoisotopic (exact) mass is 262 g/mol. The molecule has 1 heterocycles. The lowest BCUT2D eigenvalue weighted by Gasteiger charge is -1.99. The third-order valence-corrected chi connectivity index (χ3v) is 2.38. The van der Waals surface area contributed by atoms with Crippen molar-refractivity contribution in [1.29, 1.82) is 0 Å². The zero-order valence-electron chi connectivity index (χ0n) is 7.72. The minimum atomic E-state index is -0.121. The number of aromatic nitrogens is 2. The molecule has 0 saturated heterocycles. The molecule has 1 aromatic carbocycles. The van der Waals surface area contributed by atoms with Crippen LogP contribution >= 0.6 is 15.9 Å². The second-order valence-electron chi connectivity index (χ2n) is 2.93. The van der Waals surface area contributed by atoms with E-state index in [4.69, 9.17) is 0 Å². The van der Waals surface area contributed by atoms with E-state index in [0.29, 0.717) is 11.3 Å². The van der Waals surface area contributed by atoms with Crippen LogP contribution in [0, 0.1) is 0 Å². The normalized spacial score (nSPS) is 9.93. The quantitative estimate of drug-likeness (QED) is 0.781. The summed E-state index contributed by atoms with van der Waals surface area (Å²) in [5.41, 5.74) is 0.959. The summed E-state index contributed by atoms with van der Waals surface area (Å²) in [6, 6.07) is 7.19. The first-order valence-electron chi connectivity index (χ1n) is 4.33. The molecule has 0 aliphatic heterocycles. The first-order chi connectivity index (χ1) is 7.27. The van der Waals surface area contributed by atoms with Crippen LogP contribution in [0.4, 0.5) is 0 Å². The Labute approximate surface area is 95.3 Å². The molecule has 2 rings (SSSR count). The fourth-order valence-corrected chi connectivity index (χ4v) is 1.59. The Bertz CT molecular complexity index is 485. The van der Waals surface area contributed by atoms with Crippen LogP contribution in [0.25, 0.3) is 0 Å². The topological polar surface area (TPSA) is 42.9 Å². The number of carbonyl (C=O) groups is 1. The van der Waals surface area contributed by atoms with Crippen LogP contribution in [-0.4, -0.2) is 15.8 Å². The van der Waals surface area contributed by atoms with Crippen molar-refractivity contribution >= 4 is 21.7 Å². The van der Waals surface area contributed by atoms with Crippen molar-refractivity contribution in [2.75, 3.05) is 0 Å². The molecule has 0 saturated carbocycles. The van der Waals surface area contributed by atoms with Gasteiger partial charge in [0, 0.05) is 22.4 Å². The van der Waals surface area contributed by atoms with E-state index in [1.54, 1.807) is 12.1 Å². The maximum absolute atomic E-state index is 11.9. The van der Waals surface area contributed by atoms with E-state index in [-0.39, 0.29) is 5.78 Å². The first-order valence-corrected chi connectivity index (χ1v) is 5.13. The van der Waals surface area contributed by atoms with Gasteiger partial charge in [0.25, 0.3) is 0 Å². The van der Waals surface area contributed by atoms with Gasteiger partial charge in [-0.05, 0) is 12.1 Å². The zero-order chi connectivity index (χ0) is 10.7. The molecule has 3 nitrogen and oxygen atoms in total. The smallest absolute Gasteiger partial charge is 0.212 e. The highest BCUT2D eigenvalue weighted by Gasteiger charge is 2.09. The fraction of sp³-hybridized carbons (Fsp3) is 0. The Balaban J connectivity index is 2.37. The van der Waals surface area contributed by atoms with Crippen LogP contribution in [-0.2, 0) is 0 Å². The molecule has 0 aliphatic carbocycles. The van der Waals surface area contributed by atoms with E-state index >= 15 is 0 Å². The lowest BCUT2D eigenvalue weighted by molar-refractivity contribution is 0.103. The summed E-state index contributed by atoms with van der Waals surface area (Å²) >= 11 is 3.31. The molecule has 0 aliphatic rings. The van der Waals surface area contributed by atoms with Gasteiger partial charge in [-0.3, -0.25) is 9.78 Å². The highest BCUT2D eigenvalue weighted by Crippen LogP contribution is 2.13. The van der Waals surface area contributed by atoms with Crippen molar-refractivity contribution in [3.05, 3.63) is 58.6 Å². The number of nitrogens with zero attached hydrogens (tertiary/aromatic N) is 2. The molecule has 2 aromatic rings. The Hall–Kier alpha value is -1.55. The standard InChI is InChI=1S/C11H7BrN2O/c12-9-3-1-2-8(6-9)11(15)10-7-13-4-5-14-10/h1-7H. The Kier molecular flexibility index (Phi) is 2.87. The lowest BCUT2D eigenvalue weighted by Crippen LogP contribution is -2.03. The Morgan fingerprint density at radius 3 is 2.80 bits per heavy atom. The molecule has 0 radical (unpaired) electrons. The van der Waals surface area contributed by atoms with Crippen LogP contribution in [0.15, 0.2) is 47.3 Å². The molecule has 0 spiro atoms. The van der Waals surface area contributed by atoms with Gasteiger partial charge >= 0.3 is 0 Å². The van der Waals surface area contributed by atoms with E-state index < -0.39 is 0 Å². The summed E-state index contributed by atoms with van der Waals surface area (Å²) in [7, 11) is 0. The van der Waals surface area contributed by atoms with Crippen LogP contribution in [0.3, 0.4) is 0 Å². The summed E-state index contributed by atoms with van der Waals surface area (Å²) < 4.78 is 0.872. The minimum absolute atomic E-state index is 0.121. The highest BCUT2D eigenvalue weighted by atomic mass is 79.9. The van der Waals surface area contributed by atoms with E-state index in [1.165, 1.54) is 18.6 Å². The van der Waals surface area contributed by atoms with E-state index in [1.807, 2.05) is 12.1 Å². The molecule has 0 unspecified atom stereocenters. The molecule has 1 aromatic heterocycles. The zero-order valence-corrected chi connectivity index (χ0v) is 9.31. The number of hydrogen-bond donors (Lipinski definition) is 0.